The number of carboxylic acid groups (broad SMARTS) is 1. The minimum absolute atomic E-state index is 0.0464. The van der Waals surface area contributed by atoms with E-state index in [1.807, 2.05) is 125 Å². The van der Waals surface area contributed by atoms with E-state index in [0.717, 1.165) is 225 Å². The fourth-order valence-corrected chi connectivity index (χ4v) is 30.7. The fraction of sp³-hybridized carbons (Fsp3) is 0.907. The molecule has 0 aromatic rings. The van der Waals surface area contributed by atoms with E-state index < -0.39 is 84.1 Å². The Bertz CT molecular complexity index is 4200. The van der Waals surface area contributed by atoms with Gasteiger partial charge in [-0.25, -0.2) is 9.59 Å². The molecule has 13 atom stereocenters. The van der Waals surface area contributed by atoms with E-state index in [1.165, 1.54) is 25.7 Å². The minimum atomic E-state index is -0.927. The summed E-state index contributed by atoms with van der Waals surface area (Å²) in [6.45, 7) is 38.3. The molecule has 24 fully saturated rings. The van der Waals surface area contributed by atoms with Crippen LogP contribution in [-0.4, -0.2) is 158 Å². The van der Waals surface area contributed by atoms with Crippen LogP contribution >= 0.6 is 0 Å². The molecule has 0 spiro atoms. The van der Waals surface area contributed by atoms with Crippen molar-refractivity contribution in [1.29, 1.82) is 5.26 Å². The highest BCUT2D eigenvalue weighted by atomic mass is 16.6. The number of carbonyl (C=O) groups excluding carboxylic acids is 8. The molecule has 0 radical (unpaired) electrons. The number of ether oxygens (including phenoxy) is 11. The van der Waals surface area contributed by atoms with Crippen LogP contribution in [0.15, 0.2) is 0 Å². The van der Waals surface area contributed by atoms with Crippen molar-refractivity contribution in [3.63, 3.8) is 0 Å². The zero-order chi connectivity index (χ0) is 97.4. The molecule has 752 valence electrons. The predicted molar refractivity (Wildman–Crippen MR) is 499 cm³/mol. The number of amides is 2. The van der Waals surface area contributed by atoms with Crippen LogP contribution in [-0.2, 0) is 90.5 Å². The van der Waals surface area contributed by atoms with Gasteiger partial charge in [0.2, 0.25) is 5.91 Å². The molecule has 8 N–H and O–H groups in total. The highest BCUT2D eigenvalue weighted by molar-refractivity contribution is 5.83. The van der Waals surface area contributed by atoms with Crippen LogP contribution in [0, 0.1) is 120 Å². The standard InChI is InChI=1S/C19H29NO3.C19H30O5.C18H30O4.C17H27NO4.C17H29NO3.C17H27NO3/c1-4-17(2,3)16(21)23-19-11-14-8-15(12-19)10-18(9-14,13-19)22-7-5-6-20;1-5-17(3,4)16(22)24-19-9-13-6-14(10-19)8-18(7-13,11-19)23-12(2)15(20)21;1-4-16(2,3)15(20)22-18-10-13-7-14(11-18)9-17(8-13,12-18)21-6-5-19;1-4-15(2,3)13(19)21-16-6-11-5-12(7-16)9-17(8-11,10-16)22-14(18)20;1-4-15(2,3)14(19)21-17-8-12-5-13(9-17)7-16(6-12,10-17)20-11-18;1-4-15(2,3)14(20)21-17-8-11-5-12(9-17)7-16(6-11,10-17)13(18)19/h14-15H,4-5,7-13H2,1-3H3;12-14H,5-11H2,1-4H3,(H,20,21);13-14,19H,4-12H2,1-3H3;11-12H,4-10H2,1-3H3,(H2,18,20);12-13H,4-11,18H2,1-3H3;11-12H,4-10H2,1-3H3,(H2,18,19). The summed E-state index contributed by atoms with van der Waals surface area (Å²) < 4.78 is 66.3. The first-order valence-corrected chi connectivity index (χ1v) is 52.1. The van der Waals surface area contributed by atoms with Crippen LogP contribution in [0.3, 0.4) is 0 Å². The number of nitriles is 1. The topological polar surface area (TPSA) is 397 Å². The highest BCUT2D eigenvalue weighted by Crippen LogP contribution is 2.68. The zero-order valence-electron chi connectivity index (χ0n) is 85.0. The maximum absolute atomic E-state index is 12.7. The van der Waals surface area contributed by atoms with Crippen molar-refractivity contribution in [2.75, 3.05) is 26.6 Å². The molecule has 24 saturated carbocycles. The molecule has 24 bridgehead atoms. The molecule has 0 saturated heterocycles. The molecular weight excluding hydrogens is 1690 g/mol. The normalized spacial score (nSPS) is 39.8. The molecule has 0 aromatic heterocycles. The van der Waals surface area contributed by atoms with Crippen LogP contribution in [0.5, 0.6) is 0 Å². The summed E-state index contributed by atoms with van der Waals surface area (Å²) in [7, 11) is 0. The number of carboxylic acids is 1. The molecule has 24 rings (SSSR count). The average molecular weight is 1870 g/mol. The first-order valence-electron chi connectivity index (χ1n) is 52.1. The number of rotatable bonds is 31. The van der Waals surface area contributed by atoms with Gasteiger partial charge in [0.25, 0.3) is 0 Å². The molecule has 133 heavy (non-hydrogen) atoms. The molecule has 0 heterocycles. The number of aliphatic carboxylic acids is 1. The highest BCUT2D eigenvalue weighted by Gasteiger charge is 2.69. The largest absolute Gasteiger partial charge is 0.479 e. The van der Waals surface area contributed by atoms with Crippen LogP contribution < -0.4 is 17.2 Å². The smallest absolute Gasteiger partial charge is 0.405 e. The maximum Gasteiger partial charge on any atom is 0.405 e. The van der Waals surface area contributed by atoms with Gasteiger partial charge in [-0.3, -0.25) is 33.6 Å². The molecule has 26 nitrogen and oxygen atoms in total. The van der Waals surface area contributed by atoms with E-state index in [9.17, 15) is 48.3 Å². The Morgan fingerprint density at radius 3 is 0.767 bits per heavy atom. The lowest BCUT2D eigenvalue weighted by Crippen LogP contribution is -2.62. The van der Waals surface area contributed by atoms with Crippen molar-refractivity contribution in [3.8, 4) is 6.07 Å². The Kier molecular flexibility index (Phi) is 30.2. The molecular formula is C107H172N4O22. The van der Waals surface area contributed by atoms with Crippen molar-refractivity contribution >= 4 is 53.8 Å². The van der Waals surface area contributed by atoms with Gasteiger partial charge in [0.05, 0.1) is 99.4 Å². The predicted octanol–water partition coefficient (Wildman–Crippen LogP) is 19.5. The maximum atomic E-state index is 12.7. The van der Waals surface area contributed by atoms with E-state index in [0.29, 0.717) is 110 Å². The minimum Gasteiger partial charge on any atom is -0.479 e. The quantitative estimate of drug-likeness (QED) is 0.0186. The number of nitrogens with zero attached hydrogens (tertiary/aromatic N) is 1. The average Bonchev–Trinajstić information content (AvgIpc) is 0.746. The Morgan fingerprint density at radius 2 is 0.541 bits per heavy atom. The Balaban J connectivity index is 0.000000136. The van der Waals surface area contributed by atoms with Gasteiger partial charge in [-0.15, -0.1) is 0 Å². The number of esters is 6. The van der Waals surface area contributed by atoms with E-state index in [4.69, 9.17) is 79.7 Å². The third-order valence-electron chi connectivity index (χ3n) is 37.4. The molecule has 24 aliphatic rings. The summed E-state index contributed by atoms with van der Waals surface area (Å²) in [5, 5.41) is 27.1. The van der Waals surface area contributed by atoms with Gasteiger partial charge < -0.3 is 79.5 Å². The van der Waals surface area contributed by atoms with Crippen LogP contribution in [0.1, 0.15) is 408 Å². The zero-order valence-corrected chi connectivity index (χ0v) is 85.0. The van der Waals surface area contributed by atoms with E-state index in [1.54, 1.807) is 6.92 Å². The third-order valence-corrected chi connectivity index (χ3v) is 37.4. The van der Waals surface area contributed by atoms with Crippen molar-refractivity contribution in [2.24, 2.45) is 126 Å². The van der Waals surface area contributed by atoms with Crippen molar-refractivity contribution in [1.82, 2.24) is 0 Å². The second-order valence-corrected chi connectivity index (χ2v) is 51.3. The lowest BCUT2D eigenvalue weighted by molar-refractivity contribution is -0.248. The van der Waals surface area contributed by atoms with Crippen molar-refractivity contribution < 1.29 is 105 Å². The Morgan fingerprint density at radius 1 is 0.331 bits per heavy atom. The summed E-state index contributed by atoms with van der Waals surface area (Å²) in [4.78, 5) is 110. The lowest BCUT2D eigenvalue weighted by Gasteiger charge is -2.61. The molecule has 2 amide bonds. The van der Waals surface area contributed by atoms with Gasteiger partial charge in [0, 0.05) is 38.5 Å². The summed E-state index contributed by atoms with van der Waals surface area (Å²) in [5.41, 5.74) is 9.95. The Hall–Kier alpha value is -5.72. The number of nitrogens with two attached hydrogens (primary N) is 3. The number of carbonyl (C=O) groups is 9. The Labute approximate surface area is 794 Å². The second kappa shape index (κ2) is 38.4. The molecule has 26 heteroatoms. The summed E-state index contributed by atoms with van der Waals surface area (Å²) in [5.74, 6) is 4.92. The van der Waals surface area contributed by atoms with Crippen LogP contribution in [0.2, 0.25) is 0 Å². The van der Waals surface area contributed by atoms with Crippen molar-refractivity contribution in [2.45, 2.75) is 475 Å². The van der Waals surface area contributed by atoms with Crippen LogP contribution in [0.25, 0.3) is 0 Å². The fourth-order valence-electron chi connectivity index (χ4n) is 30.7. The molecule has 0 aliphatic heterocycles. The van der Waals surface area contributed by atoms with Gasteiger partial charge in [-0.1, -0.05) is 41.5 Å². The second-order valence-electron chi connectivity index (χ2n) is 51.3. The SMILES string of the molecule is CCC(C)(C)C(=O)OC12CC3CC(C1)CC(C(N)=O)(C3)C2.CCC(C)(C)C(=O)OC12CC3CC(C1)CC(OC(C)C(=O)O)(C3)C2.CCC(C)(C)C(=O)OC12CC3CC(CC(OC(N)=O)(C3)C1)C2.CCC(C)(C)C(=O)OC12CC3CC(CC(OCCC#N)(C3)C1)C2.CCC(C)(C)C(=O)OC12CC3CC(CC(OCCO)(C3)C1)C2.CCC(C)(C)C(=O)OC12CC3CC(CC(OCN)(C3)C1)C2. The van der Waals surface area contributed by atoms with Gasteiger partial charge in [-0.05, 0) is 392 Å². The number of primary amides is 2. The van der Waals surface area contributed by atoms with E-state index in [2.05, 4.69) is 6.07 Å². The van der Waals surface area contributed by atoms with E-state index in [-0.39, 0.29) is 88.7 Å². The van der Waals surface area contributed by atoms with Gasteiger partial charge in [0.1, 0.15) is 39.2 Å². The van der Waals surface area contributed by atoms with Crippen LogP contribution in [0.4, 0.5) is 4.79 Å². The first-order chi connectivity index (χ1) is 61.9. The van der Waals surface area contributed by atoms with Gasteiger partial charge in [0.15, 0.2) is 6.10 Å². The first kappa shape index (κ1) is 105. The van der Waals surface area contributed by atoms with Gasteiger partial charge >= 0.3 is 47.9 Å². The van der Waals surface area contributed by atoms with Gasteiger partial charge in [-0.2, -0.15) is 5.26 Å². The number of hydrogen-bond donors (Lipinski definition) is 5. The monoisotopic (exact) mass is 1870 g/mol. The summed E-state index contributed by atoms with van der Waals surface area (Å²) in [6, 6.07) is 2.16. The molecule has 0 aromatic carbocycles. The molecule has 24 aliphatic carbocycles. The number of aliphatic hydroxyl groups excluding tert-OH is 1. The lowest BCUT2D eigenvalue weighted by atomic mass is 9.47. The number of hydrogen-bond acceptors (Lipinski definition) is 23. The third kappa shape index (κ3) is 22.7. The van der Waals surface area contributed by atoms with E-state index >= 15 is 0 Å². The summed E-state index contributed by atoms with van der Waals surface area (Å²) in [6.07, 6.45) is 38.5. The van der Waals surface area contributed by atoms with Crippen molar-refractivity contribution in [3.05, 3.63) is 0 Å². The number of aliphatic hydroxyl groups is 1. The summed E-state index contributed by atoms with van der Waals surface area (Å²) >= 11 is 0. The molecule has 13 unspecified atom stereocenters.